The van der Waals surface area contributed by atoms with Gasteiger partial charge in [0.1, 0.15) is 0 Å². The number of hydrogen-bond acceptors (Lipinski definition) is 5. The molecular formula is C15H17N3O2S. The Morgan fingerprint density at radius 1 is 1.33 bits per heavy atom. The molecule has 2 heterocycles. The van der Waals surface area contributed by atoms with Crippen LogP contribution in [0.5, 0.6) is 0 Å². The predicted octanol–water partition coefficient (Wildman–Crippen LogP) is 2.95. The number of nitrogens with zero attached hydrogens (tertiary/aromatic N) is 2. The fraction of sp³-hybridized carbons (Fsp3) is 0.400. The van der Waals surface area contributed by atoms with Gasteiger partial charge in [0.05, 0.1) is 15.6 Å². The molecule has 6 heteroatoms. The van der Waals surface area contributed by atoms with Gasteiger partial charge in [0.15, 0.2) is 5.13 Å². The Hall–Kier alpha value is -1.95. The van der Waals surface area contributed by atoms with Crippen LogP contribution < -0.4 is 10.6 Å². The lowest BCUT2D eigenvalue weighted by Gasteiger charge is -2.22. The van der Waals surface area contributed by atoms with Crippen molar-refractivity contribution >= 4 is 44.2 Å². The molecule has 0 unspecified atom stereocenters. The van der Waals surface area contributed by atoms with Crippen molar-refractivity contribution in [3.05, 3.63) is 18.2 Å². The summed E-state index contributed by atoms with van der Waals surface area (Å²) < 4.78 is 0.885. The maximum absolute atomic E-state index is 12.7. The van der Waals surface area contributed by atoms with Crippen LogP contribution in [0.15, 0.2) is 18.2 Å². The van der Waals surface area contributed by atoms with Crippen LogP contribution in [0.25, 0.3) is 10.2 Å². The molecule has 2 aromatic rings. The van der Waals surface area contributed by atoms with Gasteiger partial charge in [0.2, 0.25) is 11.8 Å². The van der Waals surface area contributed by atoms with E-state index in [9.17, 15) is 9.59 Å². The van der Waals surface area contributed by atoms with Crippen molar-refractivity contribution in [1.82, 2.24) is 4.98 Å². The number of hydrogen-bond donors (Lipinski definition) is 1. The van der Waals surface area contributed by atoms with Gasteiger partial charge in [-0.1, -0.05) is 25.2 Å². The van der Waals surface area contributed by atoms with E-state index in [4.69, 9.17) is 5.73 Å². The molecule has 3 rings (SSSR count). The topological polar surface area (TPSA) is 76.3 Å². The van der Waals surface area contributed by atoms with E-state index < -0.39 is 5.41 Å². The van der Waals surface area contributed by atoms with E-state index in [-0.39, 0.29) is 18.2 Å². The first-order valence-corrected chi connectivity index (χ1v) is 7.86. The van der Waals surface area contributed by atoms with Crippen molar-refractivity contribution in [3.8, 4) is 0 Å². The summed E-state index contributed by atoms with van der Waals surface area (Å²) in [6, 6.07) is 5.39. The Bertz CT molecular complexity index is 734. The van der Waals surface area contributed by atoms with E-state index in [0.29, 0.717) is 23.7 Å². The zero-order valence-corrected chi connectivity index (χ0v) is 12.9. The molecule has 0 saturated carbocycles. The van der Waals surface area contributed by atoms with Crippen molar-refractivity contribution in [2.24, 2.45) is 5.41 Å². The van der Waals surface area contributed by atoms with Gasteiger partial charge in [-0.3, -0.25) is 9.59 Å². The van der Waals surface area contributed by atoms with Crippen LogP contribution in [0.1, 0.15) is 33.1 Å². The standard InChI is InChI=1S/C15H17N3O2S/c1-3-15(4-2)8-12(19)18(13(15)20)14-17-10-6-5-9(16)7-11(10)21-14/h5-7H,3-4,8,16H2,1-2H3. The van der Waals surface area contributed by atoms with Crippen molar-refractivity contribution in [2.45, 2.75) is 33.1 Å². The molecule has 5 nitrogen and oxygen atoms in total. The number of amides is 2. The fourth-order valence-corrected chi connectivity index (χ4v) is 3.85. The predicted molar refractivity (Wildman–Crippen MR) is 84.2 cm³/mol. The summed E-state index contributed by atoms with van der Waals surface area (Å²) in [4.78, 5) is 30.7. The number of anilines is 2. The maximum Gasteiger partial charge on any atom is 0.242 e. The first-order chi connectivity index (χ1) is 10.0. The molecule has 1 aromatic heterocycles. The Labute approximate surface area is 126 Å². The van der Waals surface area contributed by atoms with Crippen molar-refractivity contribution in [2.75, 3.05) is 10.6 Å². The van der Waals surface area contributed by atoms with Crippen LogP contribution in [-0.4, -0.2) is 16.8 Å². The minimum absolute atomic E-state index is 0.121. The molecule has 1 aliphatic heterocycles. The number of aromatic nitrogens is 1. The summed E-state index contributed by atoms with van der Waals surface area (Å²) >= 11 is 1.33. The van der Waals surface area contributed by atoms with E-state index in [2.05, 4.69) is 4.98 Å². The Morgan fingerprint density at radius 3 is 2.67 bits per heavy atom. The third-order valence-electron chi connectivity index (χ3n) is 4.34. The summed E-state index contributed by atoms with van der Waals surface area (Å²) in [5.74, 6) is -0.278. The van der Waals surface area contributed by atoms with Gasteiger partial charge in [-0.05, 0) is 31.0 Å². The highest BCUT2D eigenvalue weighted by Gasteiger charge is 2.50. The van der Waals surface area contributed by atoms with Crippen LogP contribution in [0.2, 0.25) is 0 Å². The number of carbonyl (C=O) groups is 2. The second kappa shape index (κ2) is 4.80. The SMILES string of the molecule is CCC1(CC)CC(=O)N(c2nc3ccc(N)cc3s2)C1=O. The highest BCUT2D eigenvalue weighted by molar-refractivity contribution is 7.22. The molecule has 0 bridgehead atoms. The number of rotatable bonds is 3. The molecule has 1 fully saturated rings. The first kappa shape index (κ1) is 14.0. The summed E-state index contributed by atoms with van der Waals surface area (Å²) in [5.41, 5.74) is 6.60. The summed E-state index contributed by atoms with van der Waals surface area (Å²) in [5, 5.41) is 0.453. The molecule has 21 heavy (non-hydrogen) atoms. The normalized spacial score (nSPS) is 17.9. The largest absolute Gasteiger partial charge is 0.399 e. The summed E-state index contributed by atoms with van der Waals surface area (Å²) in [6.07, 6.45) is 1.61. The van der Waals surface area contributed by atoms with Crippen LogP contribution in [0.4, 0.5) is 10.8 Å². The van der Waals surface area contributed by atoms with Gasteiger partial charge in [0.25, 0.3) is 0 Å². The smallest absolute Gasteiger partial charge is 0.242 e. The Balaban J connectivity index is 2.06. The Kier molecular flexibility index (Phi) is 3.20. The maximum atomic E-state index is 12.7. The molecule has 0 spiro atoms. The van der Waals surface area contributed by atoms with Gasteiger partial charge in [-0.2, -0.15) is 0 Å². The van der Waals surface area contributed by atoms with E-state index >= 15 is 0 Å². The molecule has 1 saturated heterocycles. The van der Waals surface area contributed by atoms with E-state index in [1.54, 1.807) is 6.07 Å². The van der Waals surface area contributed by atoms with E-state index in [1.807, 2.05) is 26.0 Å². The Morgan fingerprint density at radius 2 is 2.05 bits per heavy atom. The zero-order valence-electron chi connectivity index (χ0n) is 12.0. The number of thiazole rings is 1. The number of nitrogen functional groups attached to an aromatic ring is 1. The average molecular weight is 303 g/mol. The minimum Gasteiger partial charge on any atom is -0.399 e. The number of imide groups is 1. The van der Waals surface area contributed by atoms with Gasteiger partial charge in [-0.15, -0.1) is 0 Å². The molecular weight excluding hydrogens is 286 g/mol. The van der Waals surface area contributed by atoms with Gasteiger partial charge in [-0.25, -0.2) is 9.88 Å². The average Bonchev–Trinajstić information content (AvgIpc) is 2.97. The molecule has 0 radical (unpaired) electrons. The monoisotopic (exact) mass is 303 g/mol. The second-order valence-electron chi connectivity index (χ2n) is 5.42. The molecule has 2 N–H and O–H groups in total. The number of benzene rings is 1. The highest BCUT2D eigenvalue weighted by Crippen LogP contribution is 2.43. The zero-order chi connectivity index (χ0) is 15.2. The molecule has 0 atom stereocenters. The third kappa shape index (κ3) is 2.01. The number of carbonyl (C=O) groups excluding carboxylic acids is 2. The summed E-state index contributed by atoms with van der Waals surface area (Å²) in [7, 11) is 0. The van der Waals surface area contributed by atoms with Gasteiger partial charge < -0.3 is 5.73 Å². The van der Waals surface area contributed by atoms with E-state index in [1.165, 1.54) is 16.2 Å². The molecule has 110 valence electrons. The number of nitrogens with two attached hydrogens (primary N) is 1. The quantitative estimate of drug-likeness (QED) is 0.698. The molecule has 0 aliphatic carbocycles. The van der Waals surface area contributed by atoms with Crippen LogP contribution in [0.3, 0.4) is 0 Å². The molecule has 1 aromatic carbocycles. The fourth-order valence-electron chi connectivity index (χ4n) is 2.82. The van der Waals surface area contributed by atoms with Crippen molar-refractivity contribution < 1.29 is 9.59 Å². The second-order valence-corrected chi connectivity index (χ2v) is 6.43. The third-order valence-corrected chi connectivity index (χ3v) is 5.35. The van der Waals surface area contributed by atoms with Crippen LogP contribution in [-0.2, 0) is 9.59 Å². The van der Waals surface area contributed by atoms with Crippen LogP contribution >= 0.6 is 11.3 Å². The lowest BCUT2D eigenvalue weighted by molar-refractivity contribution is -0.126. The van der Waals surface area contributed by atoms with Gasteiger partial charge >= 0.3 is 0 Å². The molecule has 2 amide bonds. The van der Waals surface area contributed by atoms with Gasteiger partial charge in [0, 0.05) is 12.1 Å². The van der Waals surface area contributed by atoms with Crippen molar-refractivity contribution in [1.29, 1.82) is 0 Å². The van der Waals surface area contributed by atoms with Crippen LogP contribution in [0, 0.1) is 5.41 Å². The first-order valence-electron chi connectivity index (χ1n) is 7.04. The molecule has 1 aliphatic rings. The van der Waals surface area contributed by atoms with Crippen molar-refractivity contribution in [3.63, 3.8) is 0 Å². The number of fused-ring (bicyclic) bond motifs is 1. The summed E-state index contributed by atoms with van der Waals surface area (Å²) in [6.45, 7) is 3.91. The lowest BCUT2D eigenvalue weighted by atomic mass is 9.81. The lowest BCUT2D eigenvalue weighted by Crippen LogP contribution is -2.35. The highest BCUT2D eigenvalue weighted by atomic mass is 32.1. The minimum atomic E-state index is -0.562. The van der Waals surface area contributed by atoms with E-state index in [0.717, 1.165) is 10.2 Å².